The fourth-order valence-corrected chi connectivity index (χ4v) is 2.05. The van der Waals surface area contributed by atoms with Crippen molar-refractivity contribution in [3.8, 4) is 0 Å². The van der Waals surface area contributed by atoms with Crippen molar-refractivity contribution >= 4 is 0 Å². The Morgan fingerprint density at radius 3 is 1.65 bits per heavy atom. The molecule has 1 heteroatoms. The van der Waals surface area contributed by atoms with E-state index in [2.05, 4.69) is 43.4 Å². The first-order valence-corrected chi connectivity index (χ1v) is 8.56. The molecule has 0 amide bonds. The van der Waals surface area contributed by atoms with Crippen molar-refractivity contribution < 1.29 is 0 Å². The molecule has 0 spiro atoms. The minimum Gasteiger partial charge on any atom is -0.330 e. The Morgan fingerprint density at radius 1 is 0.600 bits per heavy atom. The largest absolute Gasteiger partial charge is 0.330 e. The minimum absolute atomic E-state index is 0.841. The van der Waals surface area contributed by atoms with Gasteiger partial charge in [0.15, 0.2) is 0 Å². The molecule has 0 saturated carbocycles. The first-order chi connectivity index (χ1) is 9.91. The van der Waals surface area contributed by atoms with Crippen LogP contribution in [0.4, 0.5) is 0 Å². The molecule has 0 saturated heterocycles. The predicted octanol–water partition coefficient (Wildman–Crippen LogP) is 5.92. The van der Waals surface area contributed by atoms with Gasteiger partial charge < -0.3 is 5.73 Å². The summed E-state index contributed by atoms with van der Waals surface area (Å²) in [7, 11) is 0. The molecule has 0 aromatic heterocycles. The van der Waals surface area contributed by atoms with E-state index >= 15 is 0 Å². The van der Waals surface area contributed by atoms with Crippen LogP contribution >= 0.6 is 0 Å². The third-order valence-electron chi connectivity index (χ3n) is 3.34. The standard InChI is InChI=1S/C19H35N/c1-2-3-4-5-6-7-8-9-10-11-12-13-14-15-16-17-18-19-20/h6-7,9-10,12-13H,2-5,8,11,14-20H2,1H3/b7-6-,10-9-,13-12-. The number of hydrogen-bond acceptors (Lipinski definition) is 1. The zero-order valence-electron chi connectivity index (χ0n) is 13.5. The molecular formula is C19H35N. The van der Waals surface area contributed by atoms with Gasteiger partial charge in [-0.3, -0.25) is 0 Å². The predicted molar refractivity (Wildman–Crippen MR) is 92.9 cm³/mol. The van der Waals surface area contributed by atoms with E-state index in [4.69, 9.17) is 5.73 Å². The van der Waals surface area contributed by atoms with E-state index in [-0.39, 0.29) is 0 Å². The van der Waals surface area contributed by atoms with Crippen LogP contribution in [0.15, 0.2) is 36.5 Å². The second-order valence-corrected chi connectivity index (χ2v) is 5.37. The third-order valence-corrected chi connectivity index (χ3v) is 3.34. The summed E-state index contributed by atoms with van der Waals surface area (Å²) < 4.78 is 0. The Kier molecular flexibility index (Phi) is 17.4. The van der Waals surface area contributed by atoms with Gasteiger partial charge in [-0.05, 0) is 51.5 Å². The molecule has 1 nitrogen and oxygen atoms in total. The summed E-state index contributed by atoms with van der Waals surface area (Å²) in [6.07, 6.45) is 27.4. The van der Waals surface area contributed by atoms with Crippen molar-refractivity contribution in [2.24, 2.45) is 5.73 Å². The van der Waals surface area contributed by atoms with Gasteiger partial charge >= 0.3 is 0 Å². The van der Waals surface area contributed by atoms with Gasteiger partial charge in [-0.2, -0.15) is 0 Å². The lowest BCUT2D eigenvalue weighted by atomic mass is 10.1. The summed E-state index contributed by atoms with van der Waals surface area (Å²) in [5.41, 5.74) is 5.46. The van der Waals surface area contributed by atoms with Crippen LogP contribution in [0.3, 0.4) is 0 Å². The zero-order valence-corrected chi connectivity index (χ0v) is 13.5. The van der Waals surface area contributed by atoms with Gasteiger partial charge in [-0.25, -0.2) is 0 Å². The maximum Gasteiger partial charge on any atom is -0.00773 e. The second kappa shape index (κ2) is 18.2. The van der Waals surface area contributed by atoms with Crippen molar-refractivity contribution in [2.75, 3.05) is 6.54 Å². The van der Waals surface area contributed by atoms with Gasteiger partial charge in [0, 0.05) is 0 Å². The lowest BCUT2D eigenvalue weighted by Gasteiger charge is -1.95. The molecule has 0 aromatic carbocycles. The first kappa shape index (κ1) is 19.2. The van der Waals surface area contributed by atoms with Crippen LogP contribution in [-0.4, -0.2) is 6.54 Å². The molecule has 0 radical (unpaired) electrons. The molecule has 0 rings (SSSR count). The van der Waals surface area contributed by atoms with Gasteiger partial charge in [-0.1, -0.05) is 69.1 Å². The van der Waals surface area contributed by atoms with E-state index < -0.39 is 0 Å². The summed E-state index contributed by atoms with van der Waals surface area (Å²) in [5.74, 6) is 0. The summed E-state index contributed by atoms with van der Waals surface area (Å²) in [6, 6.07) is 0. The van der Waals surface area contributed by atoms with E-state index in [1.165, 1.54) is 57.8 Å². The van der Waals surface area contributed by atoms with Crippen molar-refractivity contribution in [3.05, 3.63) is 36.5 Å². The number of hydrogen-bond donors (Lipinski definition) is 1. The van der Waals surface area contributed by atoms with Crippen LogP contribution in [-0.2, 0) is 0 Å². The maximum absolute atomic E-state index is 5.46. The molecule has 0 aliphatic heterocycles. The lowest BCUT2D eigenvalue weighted by molar-refractivity contribution is 0.652. The number of unbranched alkanes of at least 4 members (excludes halogenated alkanes) is 7. The summed E-state index contributed by atoms with van der Waals surface area (Å²) in [6.45, 7) is 3.09. The highest BCUT2D eigenvalue weighted by Crippen LogP contribution is 2.03. The van der Waals surface area contributed by atoms with Gasteiger partial charge in [0.1, 0.15) is 0 Å². The lowest BCUT2D eigenvalue weighted by Crippen LogP contribution is -1.97. The molecule has 0 aliphatic carbocycles. The molecular weight excluding hydrogens is 242 g/mol. The fraction of sp³-hybridized carbons (Fsp3) is 0.684. The third kappa shape index (κ3) is 17.2. The van der Waals surface area contributed by atoms with E-state index in [1.54, 1.807) is 0 Å². The smallest absolute Gasteiger partial charge is 0.00773 e. The molecule has 0 aliphatic rings. The zero-order chi connectivity index (χ0) is 14.7. The molecule has 116 valence electrons. The van der Waals surface area contributed by atoms with Gasteiger partial charge in [-0.15, -0.1) is 0 Å². The fourth-order valence-electron chi connectivity index (χ4n) is 2.05. The van der Waals surface area contributed by atoms with E-state index in [9.17, 15) is 0 Å². The van der Waals surface area contributed by atoms with Gasteiger partial charge in [0.05, 0.1) is 0 Å². The molecule has 0 atom stereocenters. The van der Waals surface area contributed by atoms with Gasteiger partial charge in [0.25, 0.3) is 0 Å². The van der Waals surface area contributed by atoms with Crippen LogP contribution in [0.25, 0.3) is 0 Å². The summed E-state index contributed by atoms with van der Waals surface area (Å²) in [5, 5.41) is 0. The highest BCUT2D eigenvalue weighted by atomic mass is 14.5. The topological polar surface area (TPSA) is 26.0 Å². The van der Waals surface area contributed by atoms with Crippen molar-refractivity contribution in [3.63, 3.8) is 0 Å². The summed E-state index contributed by atoms with van der Waals surface area (Å²) in [4.78, 5) is 0. The van der Waals surface area contributed by atoms with Crippen LogP contribution in [0, 0.1) is 0 Å². The molecule has 2 N–H and O–H groups in total. The number of nitrogens with two attached hydrogens (primary N) is 1. The highest BCUT2D eigenvalue weighted by molar-refractivity contribution is 4.97. The van der Waals surface area contributed by atoms with E-state index in [1.807, 2.05) is 0 Å². The van der Waals surface area contributed by atoms with Crippen molar-refractivity contribution in [1.29, 1.82) is 0 Å². The monoisotopic (exact) mass is 277 g/mol. The van der Waals surface area contributed by atoms with Crippen LogP contribution < -0.4 is 5.73 Å². The van der Waals surface area contributed by atoms with Crippen LogP contribution in [0.2, 0.25) is 0 Å². The summed E-state index contributed by atoms with van der Waals surface area (Å²) >= 11 is 0. The number of allylic oxidation sites excluding steroid dienone is 6. The minimum atomic E-state index is 0.841. The molecule has 0 heterocycles. The first-order valence-electron chi connectivity index (χ1n) is 8.56. The average molecular weight is 277 g/mol. The van der Waals surface area contributed by atoms with E-state index in [0.717, 1.165) is 19.4 Å². The maximum atomic E-state index is 5.46. The Balaban J connectivity index is 3.25. The van der Waals surface area contributed by atoms with Gasteiger partial charge in [0.2, 0.25) is 0 Å². The Bertz CT molecular complexity index is 250. The van der Waals surface area contributed by atoms with Crippen LogP contribution in [0.1, 0.15) is 77.6 Å². The molecule has 20 heavy (non-hydrogen) atoms. The molecule has 0 bridgehead atoms. The van der Waals surface area contributed by atoms with Crippen molar-refractivity contribution in [2.45, 2.75) is 77.6 Å². The Morgan fingerprint density at radius 2 is 1.10 bits per heavy atom. The second-order valence-electron chi connectivity index (χ2n) is 5.37. The van der Waals surface area contributed by atoms with E-state index in [0.29, 0.717) is 0 Å². The van der Waals surface area contributed by atoms with Crippen molar-refractivity contribution in [1.82, 2.24) is 0 Å². The molecule has 0 fully saturated rings. The average Bonchev–Trinajstić information content (AvgIpc) is 2.47. The van der Waals surface area contributed by atoms with Crippen LogP contribution in [0.5, 0.6) is 0 Å². The molecule has 0 aromatic rings. The SMILES string of the molecule is CCCCC/C=C\C/C=C\C/C=C\CCCCCCN. The normalized spacial score (nSPS) is 12.3. The Hall–Kier alpha value is -0.820. The highest BCUT2D eigenvalue weighted by Gasteiger charge is 1.86. The Labute approximate surface area is 127 Å². The number of rotatable bonds is 14. The molecule has 0 unspecified atom stereocenters. The quantitative estimate of drug-likeness (QED) is 0.309.